The van der Waals surface area contributed by atoms with E-state index in [0.29, 0.717) is 17.7 Å². The Labute approximate surface area is 170 Å². The lowest BCUT2D eigenvalue weighted by Gasteiger charge is -2.18. The second kappa shape index (κ2) is 10.8. The zero-order chi connectivity index (χ0) is 21.2. The van der Waals surface area contributed by atoms with E-state index in [1.165, 1.54) is 7.11 Å². The van der Waals surface area contributed by atoms with Crippen LogP contribution in [-0.2, 0) is 14.3 Å². The summed E-state index contributed by atoms with van der Waals surface area (Å²) < 4.78 is 10.3. The molecule has 1 atom stereocenters. The molecule has 0 aliphatic rings. The summed E-state index contributed by atoms with van der Waals surface area (Å²) in [6.45, 7) is 3.56. The van der Waals surface area contributed by atoms with Crippen LogP contribution in [0.4, 0.5) is 5.69 Å². The summed E-state index contributed by atoms with van der Waals surface area (Å²) >= 11 is 0. The first-order chi connectivity index (χ1) is 13.9. The number of esters is 1. The van der Waals surface area contributed by atoms with Crippen LogP contribution in [-0.4, -0.2) is 37.5 Å². The quantitative estimate of drug-likeness (QED) is 0.634. The van der Waals surface area contributed by atoms with Crippen molar-refractivity contribution < 1.29 is 23.9 Å². The molecule has 0 heterocycles. The van der Waals surface area contributed by atoms with E-state index in [0.717, 1.165) is 0 Å². The fourth-order valence-corrected chi connectivity index (χ4v) is 2.71. The van der Waals surface area contributed by atoms with Gasteiger partial charge in [0.25, 0.3) is 11.8 Å². The molecule has 0 saturated carbocycles. The minimum Gasteiger partial charge on any atom is -0.483 e. The molecule has 154 valence electrons. The van der Waals surface area contributed by atoms with Gasteiger partial charge in [0.05, 0.1) is 12.7 Å². The van der Waals surface area contributed by atoms with Gasteiger partial charge in [0.2, 0.25) is 0 Å². The maximum absolute atomic E-state index is 12.6. The van der Waals surface area contributed by atoms with Crippen LogP contribution in [0.1, 0.15) is 30.6 Å². The number of carbonyl (C=O) groups excluding carboxylic acids is 3. The highest BCUT2D eigenvalue weighted by molar-refractivity contribution is 6.06. The van der Waals surface area contributed by atoms with Crippen molar-refractivity contribution in [1.29, 1.82) is 0 Å². The molecule has 0 radical (unpaired) electrons. The van der Waals surface area contributed by atoms with Crippen LogP contribution in [0, 0.1) is 5.92 Å². The molecule has 7 heteroatoms. The van der Waals surface area contributed by atoms with Crippen LogP contribution >= 0.6 is 0 Å². The second-order valence-electron chi connectivity index (χ2n) is 6.88. The highest BCUT2D eigenvalue weighted by Crippen LogP contribution is 2.19. The van der Waals surface area contributed by atoms with Crippen LogP contribution in [0.25, 0.3) is 0 Å². The number of rotatable bonds is 9. The summed E-state index contributed by atoms with van der Waals surface area (Å²) in [4.78, 5) is 36.7. The van der Waals surface area contributed by atoms with E-state index in [9.17, 15) is 14.4 Å². The zero-order valence-corrected chi connectivity index (χ0v) is 16.8. The molecule has 0 aliphatic carbocycles. The second-order valence-corrected chi connectivity index (χ2v) is 6.88. The number of hydrogen-bond donors (Lipinski definition) is 2. The minimum absolute atomic E-state index is 0.197. The third-order valence-corrected chi connectivity index (χ3v) is 4.05. The lowest BCUT2D eigenvalue weighted by molar-refractivity contribution is -0.145. The monoisotopic (exact) mass is 398 g/mol. The van der Waals surface area contributed by atoms with Gasteiger partial charge in [0, 0.05) is 5.69 Å². The third kappa shape index (κ3) is 6.95. The molecule has 0 aromatic heterocycles. The smallest absolute Gasteiger partial charge is 0.328 e. The van der Waals surface area contributed by atoms with Gasteiger partial charge in [-0.25, -0.2) is 4.79 Å². The first kappa shape index (κ1) is 21.9. The molecule has 2 N–H and O–H groups in total. The molecule has 0 aliphatic heterocycles. The van der Waals surface area contributed by atoms with Crippen LogP contribution in [0.2, 0.25) is 0 Å². The Balaban J connectivity index is 2.00. The van der Waals surface area contributed by atoms with Gasteiger partial charge >= 0.3 is 5.97 Å². The van der Waals surface area contributed by atoms with Crippen LogP contribution < -0.4 is 15.4 Å². The first-order valence-corrected chi connectivity index (χ1v) is 9.36. The summed E-state index contributed by atoms with van der Waals surface area (Å²) in [5.41, 5.74) is 0.954. The minimum atomic E-state index is -0.743. The summed E-state index contributed by atoms with van der Waals surface area (Å²) in [5, 5.41) is 5.40. The molecule has 0 bridgehead atoms. The summed E-state index contributed by atoms with van der Waals surface area (Å²) in [7, 11) is 1.28. The van der Waals surface area contributed by atoms with E-state index in [1.807, 2.05) is 32.0 Å². The van der Waals surface area contributed by atoms with E-state index in [1.54, 1.807) is 36.4 Å². The Morgan fingerprint density at radius 3 is 2.28 bits per heavy atom. The number of nitrogens with one attached hydrogen (secondary N) is 2. The number of anilines is 1. The molecular weight excluding hydrogens is 372 g/mol. The molecule has 0 unspecified atom stereocenters. The van der Waals surface area contributed by atoms with E-state index in [-0.39, 0.29) is 24.2 Å². The van der Waals surface area contributed by atoms with Crippen molar-refractivity contribution >= 4 is 23.5 Å². The van der Waals surface area contributed by atoms with Crippen molar-refractivity contribution in [2.24, 2.45) is 5.92 Å². The largest absolute Gasteiger partial charge is 0.483 e. The van der Waals surface area contributed by atoms with Crippen molar-refractivity contribution in [2.45, 2.75) is 26.3 Å². The normalized spacial score (nSPS) is 11.4. The first-order valence-electron chi connectivity index (χ1n) is 9.36. The Bertz CT molecular complexity index is 836. The zero-order valence-electron chi connectivity index (χ0n) is 16.8. The van der Waals surface area contributed by atoms with Crippen LogP contribution in [0.15, 0.2) is 54.6 Å². The fourth-order valence-electron chi connectivity index (χ4n) is 2.71. The summed E-state index contributed by atoms with van der Waals surface area (Å²) in [6, 6.07) is 14.9. The lowest BCUT2D eigenvalue weighted by Crippen LogP contribution is -2.44. The van der Waals surface area contributed by atoms with Gasteiger partial charge < -0.3 is 20.1 Å². The molecule has 2 aromatic rings. The van der Waals surface area contributed by atoms with Crippen LogP contribution in [0.3, 0.4) is 0 Å². The predicted octanol–water partition coefficient (Wildman–Crippen LogP) is 3.02. The SMILES string of the molecule is COC(=O)[C@H](CC(C)C)NC(=O)COc1ccccc1C(=O)Nc1ccccc1. The number of hydrogen-bond acceptors (Lipinski definition) is 5. The van der Waals surface area contributed by atoms with Gasteiger partial charge in [0.1, 0.15) is 11.8 Å². The van der Waals surface area contributed by atoms with Crippen molar-refractivity contribution in [2.75, 3.05) is 19.0 Å². The molecule has 2 aromatic carbocycles. The van der Waals surface area contributed by atoms with Gasteiger partial charge in [0.15, 0.2) is 6.61 Å². The average molecular weight is 398 g/mol. The summed E-state index contributed by atoms with van der Waals surface area (Å²) in [5.74, 6) is -0.856. The standard InChI is InChI=1S/C22H26N2O5/c1-15(2)13-18(22(27)28-3)24-20(25)14-29-19-12-8-7-11-17(19)21(26)23-16-9-5-4-6-10-16/h4-12,15,18H,13-14H2,1-3H3,(H,23,26)(H,24,25)/t18-/m0/s1. The van der Waals surface area contributed by atoms with E-state index < -0.39 is 17.9 Å². The van der Waals surface area contributed by atoms with Gasteiger partial charge in [-0.15, -0.1) is 0 Å². The molecule has 7 nitrogen and oxygen atoms in total. The topological polar surface area (TPSA) is 93.7 Å². The molecule has 29 heavy (non-hydrogen) atoms. The Morgan fingerprint density at radius 2 is 1.62 bits per heavy atom. The van der Waals surface area contributed by atoms with Gasteiger partial charge in [-0.3, -0.25) is 9.59 Å². The lowest BCUT2D eigenvalue weighted by atomic mass is 10.0. The maximum atomic E-state index is 12.6. The maximum Gasteiger partial charge on any atom is 0.328 e. The van der Waals surface area contributed by atoms with Gasteiger partial charge in [-0.2, -0.15) is 0 Å². The van der Waals surface area contributed by atoms with E-state index >= 15 is 0 Å². The van der Waals surface area contributed by atoms with Crippen LogP contribution in [0.5, 0.6) is 5.75 Å². The summed E-state index contributed by atoms with van der Waals surface area (Å²) in [6.07, 6.45) is 0.453. The number of carbonyl (C=O) groups is 3. The molecule has 0 fully saturated rings. The number of methoxy groups -OCH3 is 1. The van der Waals surface area contributed by atoms with Gasteiger partial charge in [-0.1, -0.05) is 44.2 Å². The fraction of sp³-hybridized carbons (Fsp3) is 0.318. The molecule has 0 saturated heterocycles. The van der Waals surface area contributed by atoms with Crippen molar-refractivity contribution in [3.8, 4) is 5.75 Å². The highest BCUT2D eigenvalue weighted by atomic mass is 16.5. The Morgan fingerprint density at radius 1 is 0.966 bits per heavy atom. The number of benzene rings is 2. The van der Waals surface area contributed by atoms with E-state index in [4.69, 9.17) is 9.47 Å². The Hall–Kier alpha value is -3.35. The number of ether oxygens (including phenoxy) is 2. The number of amides is 2. The molecule has 0 spiro atoms. The Kier molecular flexibility index (Phi) is 8.21. The molecular formula is C22H26N2O5. The van der Waals surface area contributed by atoms with Crippen molar-refractivity contribution in [1.82, 2.24) is 5.32 Å². The molecule has 2 rings (SSSR count). The van der Waals surface area contributed by atoms with Crippen molar-refractivity contribution in [3.05, 3.63) is 60.2 Å². The average Bonchev–Trinajstić information content (AvgIpc) is 2.71. The predicted molar refractivity (Wildman–Crippen MR) is 110 cm³/mol. The van der Waals surface area contributed by atoms with Crippen molar-refractivity contribution in [3.63, 3.8) is 0 Å². The highest BCUT2D eigenvalue weighted by Gasteiger charge is 2.23. The third-order valence-electron chi connectivity index (χ3n) is 4.05. The van der Waals surface area contributed by atoms with E-state index in [2.05, 4.69) is 10.6 Å². The van der Waals surface area contributed by atoms with Gasteiger partial charge in [-0.05, 0) is 36.6 Å². The molecule has 2 amide bonds. The number of para-hydroxylation sites is 2.